The first kappa shape index (κ1) is 14.6. The largest absolute Gasteiger partial charge is 0.476 e. The summed E-state index contributed by atoms with van der Waals surface area (Å²) in [5.41, 5.74) is 0.0397. The van der Waals surface area contributed by atoms with Crippen molar-refractivity contribution in [2.24, 2.45) is 0 Å². The van der Waals surface area contributed by atoms with Crippen molar-refractivity contribution in [1.82, 2.24) is 9.55 Å². The second-order valence-corrected chi connectivity index (χ2v) is 3.52. The van der Waals surface area contributed by atoms with Crippen molar-refractivity contribution in [2.75, 3.05) is 40.1 Å². The van der Waals surface area contributed by atoms with Crippen molar-refractivity contribution >= 4 is 5.97 Å². The Labute approximate surface area is 105 Å². The van der Waals surface area contributed by atoms with Crippen LogP contribution in [0.4, 0.5) is 0 Å². The fourth-order valence-corrected chi connectivity index (χ4v) is 1.23. The van der Waals surface area contributed by atoms with Gasteiger partial charge in [-0.3, -0.25) is 0 Å². The lowest BCUT2D eigenvalue weighted by molar-refractivity contribution is 0.0230. The van der Waals surface area contributed by atoms with Crippen molar-refractivity contribution in [1.29, 1.82) is 0 Å². The van der Waals surface area contributed by atoms with Crippen molar-refractivity contribution < 1.29 is 24.1 Å². The molecule has 0 aliphatic carbocycles. The highest BCUT2D eigenvalue weighted by molar-refractivity contribution is 5.84. The van der Waals surface area contributed by atoms with E-state index in [1.54, 1.807) is 11.7 Å². The molecule has 0 aliphatic heterocycles. The van der Waals surface area contributed by atoms with Crippen LogP contribution in [0.1, 0.15) is 10.5 Å². The van der Waals surface area contributed by atoms with Gasteiger partial charge >= 0.3 is 5.97 Å². The molecule has 1 rings (SSSR count). The molecule has 0 aromatic carbocycles. The van der Waals surface area contributed by atoms with E-state index in [1.807, 2.05) is 0 Å². The molecular weight excluding hydrogens is 240 g/mol. The summed E-state index contributed by atoms with van der Waals surface area (Å²) >= 11 is 0. The lowest BCUT2D eigenvalue weighted by Crippen LogP contribution is -2.11. The lowest BCUT2D eigenvalue weighted by Gasteiger charge is -2.05. The van der Waals surface area contributed by atoms with Crippen LogP contribution in [0.25, 0.3) is 0 Å². The predicted molar refractivity (Wildman–Crippen MR) is 62.7 cm³/mol. The van der Waals surface area contributed by atoms with Crippen molar-refractivity contribution in [2.45, 2.75) is 6.54 Å². The molecule has 0 unspecified atom stereocenters. The molecule has 0 saturated heterocycles. The molecule has 18 heavy (non-hydrogen) atoms. The number of rotatable bonds is 10. The standard InChI is InChI=1S/C11H18N2O5/c1-16-4-5-18-7-6-17-3-2-13-8-10(11(14)15)12-9-13/h8-9H,2-7H2,1H3,(H,14,15). The molecule has 1 aromatic heterocycles. The zero-order chi connectivity index (χ0) is 13.2. The summed E-state index contributed by atoms with van der Waals surface area (Å²) in [4.78, 5) is 14.3. The van der Waals surface area contributed by atoms with E-state index in [9.17, 15) is 4.79 Å². The number of hydrogen-bond donors (Lipinski definition) is 1. The Morgan fingerprint density at radius 1 is 1.28 bits per heavy atom. The number of aromatic carboxylic acids is 1. The molecule has 0 bridgehead atoms. The normalized spacial score (nSPS) is 10.7. The summed E-state index contributed by atoms with van der Waals surface area (Å²) < 4.78 is 17.0. The van der Waals surface area contributed by atoms with Gasteiger partial charge in [-0.2, -0.15) is 0 Å². The van der Waals surface area contributed by atoms with Gasteiger partial charge < -0.3 is 23.9 Å². The first-order chi connectivity index (χ1) is 8.74. The maximum absolute atomic E-state index is 10.6. The Hall–Kier alpha value is -1.44. The third-order valence-corrected chi connectivity index (χ3v) is 2.15. The van der Waals surface area contributed by atoms with E-state index in [0.29, 0.717) is 39.6 Å². The van der Waals surface area contributed by atoms with Gasteiger partial charge in [0.05, 0.1) is 39.4 Å². The van der Waals surface area contributed by atoms with Gasteiger partial charge in [0.25, 0.3) is 0 Å². The summed E-state index contributed by atoms with van der Waals surface area (Å²) in [7, 11) is 1.62. The van der Waals surface area contributed by atoms with E-state index in [1.165, 1.54) is 12.5 Å². The summed E-state index contributed by atoms with van der Waals surface area (Å²) in [5.74, 6) is -1.03. The highest BCUT2D eigenvalue weighted by Crippen LogP contribution is 1.96. The third-order valence-electron chi connectivity index (χ3n) is 2.15. The highest BCUT2D eigenvalue weighted by Gasteiger charge is 2.05. The Balaban J connectivity index is 2.02. The van der Waals surface area contributed by atoms with Crippen LogP contribution >= 0.6 is 0 Å². The predicted octanol–water partition coefficient (Wildman–Crippen LogP) is 0.261. The molecule has 102 valence electrons. The Morgan fingerprint density at radius 2 is 1.94 bits per heavy atom. The average molecular weight is 258 g/mol. The van der Waals surface area contributed by atoms with Gasteiger partial charge in [-0.1, -0.05) is 0 Å². The van der Waals surface area contributed by atoms with Crippen LogP contribution in [0.3, 0.4) is 0 Å². The SMILES string of the molecule is COCCOCCOCCn1cnc(C(=O)O)c1. The molecule has 0 fully saturated rings. The monoisotopic (exact) mass is 258 g/mol. The third kappa shape index (κ3) is 5.76. The smallest absolute Gasteiger partial charge is 0.356 e. The number of methoxy groups -OCH3 is 1. The molecule has 0 radical (unpaired) electrons. The number of carboxylic acid groups (broad SMARTS) is 1. The van der Waals surface area contributed by atoms with Gasteiger partial charge in [-0.05, 0) is 0 Å². The number of carbonyl (C=O) groups is 1. The molecule has 1 N–H and O–H groups in total. The fourth-order valence-electron chi connectivity index (χ4n) is 1.23. The van der Waals surface area contributed by atoms with Crippen LogP contribution in [0.2, 0.25) is 0 Å². The van der Waals surface area contributed by atoms with E-state index in [4.69, 9.17) is 19.3 Å². The van der Waals surface area contributed by atoms with Crippen LogP contribution in [0.5, 0.6) is 0 Å². The summed E-state index contributed by atoms with van der Waals surface area (Å²) in [6, 6.07) is 0. The number of aromatic nitrogens is 2. The quantitative estimate of drug-likeness (QED) is 0.606. The van der Waals surface area contributed by atoms with Crippen LogP contribution in [0, 0.1) is 0 Å². The summed E-state index contributed by atoms with van der Waals surface area (Å²) in [6.07, 6.45) is 2.95. The zero-order valence-corrected chi connectivity index (χ0v) is 10.4. The topological polar surface area (TPSA) is 82.8 Å². The molecule has 1 heterocycles. The summed E-state index contributed by atoms with van der Waals surface area (Å²) in [5, 5.41) is 8.68. The second kappa shape index (κ2) is 8.62. The van der Waals surface area contributed by atoms with E-state index >= 15 is 0 Å². The Morgan fingerprint density at radius 3 is 2.56 bits per heavy atom. The first-order valence-electron chi connectivity index (χ1n) is 5.63. The van der Waals surface area contributed by atoms with E-state index in [-0.39, 0.29) is 5.69 Å². The minimum Gasteiger partial charge on any atom is -0.476 e. The molecule has 0 spiro atoms. The second-order valence-electron chi connectivity index (χ2n) is 3.52. The molecule has 7 heteroatoms. The number of hydrogen-bond acceptors (Lipinski definition) is 5. The van der Waals surface area contributed by atoms with Gasteiger partial charge in [0, 0.05) is 19.9 Å². The molecular formula is C11H18N2O5. The molecule has 7 nitrogen and oxygen atoms in total. The first-order valence-corrected chi connectivity index (χ1v) is 5.63. The Kier molecular flexibility index (Phi) is 7.00. The number of imidazole rings is 1. The van der Waals surface area contributed by atoms with E-state index in [2.05, 4.69) is 4.98 Å². The van der Waals surface area contributed by atoms with Gasteiger partial charge in [0.15, 0.2) is 5.69 Å². The van der Waals surface area contributed by atoms with E-state index in [0.717, 1.165) is 0 Å². The van der Waals surface area contributed by atoms with Crippen molar-refractivity contribution in [3.63, 3.8) is 0 Å². The molecule has 0 amide bonds. The van der Waals surface area contributed by atoms with Crippen LogP contribution in [-0.4, -0.2) is 60.8 Å². The van der Waals surface area contributed by atoms with Gasteiger partial charge in [-0.25, -0.2) is 9.78 Å². The van der Waals surface area contributed by atoms with Crippen LogP contribution < -0.4 is 0 Å². The Bertz CT molecular complexity index is 353. The average Bonchev–Trinajstić information content (AvgIpc) is 2.81. The number of nitrogens with zero attached hydrogens (tertiary/aromatic N) is 2. The minimum atomic E-state index is -1.03. The van der Waals surface area contributed by atoms with Gasteiger partial charge in [-0.15, -0.1) is 0 Å². The maximum atomic E-state index is 10.6. The molecule has 0 saturated carbocycles. The maximum Gasteiger partial charge on any atom is 0.356 e. The van der Waals surface area contributed by atoms with Gasteiger partial charge in [0.1, 0.15) is 0 Å². The van der Waals surface area contributed by atoms with Gasteiger partial charge in [0.2, 0.25) is 0 Å². The van der Waals surface area contributed by atoms with Crippen LogP contribution in [-0.2, 0) is 20.8 Å². The number of carboxylic acids is 1. The molecule has 1 aromatic rings. The zero-order valence-electron chi connectivity index (χ0n) is 10.4. The van der Waals surface area contributed by atoms with E-state index < -0.39 is 5.97 Å². The lowest BCUT2D eigenvalue weighted by atomic mass is 10.5. The fraction of sp³-hybridized carbons (Fsp3) is 0.636. The number of ether oxygens (including phenoxy) is 3. The minimum absolute atomic E-state index is 0.0397. The van der Waals surface area contributed by atoms with Crippen molar-refractivity contribution in [3.05, 3.63) is 18.2 Å². The van der Waals surface area contributed by atoms with Crippen LogP contribution in [0.15, 0.2) is 12.5 Å². The summed E-state index contributed by atoms with van der Waals surface area (Å²) in [6.45, 7) is 3.22. The molecule has 0 aliphatic rings. The highest BCUT2D eigenvalue weighted by atomic mass is 16.5. The van der Waals surface area contributed by atoms with Crippen molar-refractivity contribution in [3.8, 4) is 0 Å². The molecule has 0 atom stereocenters.